The Balaban J connectivity index is 0. The van der Waals surface area contributed by atoms with Crippen LogP contribution in [0.2, 0.25) is 0 Å². The molecule has 4 heavy (non-hydrogen) atoms. The van der Waals surface area contributed by atoms with Crippen LogP contribution >= 0.6 is 0 Å². The van der Waals surface area contributed by atoms with Gasteiger partial charge in [-0.05, 0) is 0 Å². The van der Waals surface area contributed by atoms with Gasteiger partial charge in [-0.15, -0.1) is 0 Å². The van der Waals surface area contributed by atoms with Gasteiger partial charge in [0.05, 0.1) is 0 Å². The first-order chi connectivity index (χ1) is 0. The number of hydrogen-bond donors (Lipinski definition) is 0. The van der Waals surface area contributed by atoms with Crippen LogP contribution in [-0.2, 0) is 68.6 Å². The van der Waals surface area contributed by atoms with E-state index >= 15 is 0 Å². The Kier molecular flexibility index (Phi) is 176. The molecule has 0 unspecified atom stereocenters. The molecule has 0 spiro atoms. The first kappa shape index (κ1) is 36.1. The van der Waals surface area contributed by atoms with E-state index in [1.807, 2.05) is 0 Å². The van der Waals surface area contributed by atoms with Crippen molar-refractivity contribution in [3.05, 3.63) is 0 Å². The monoisotopic (exact) mass is 217 g/mol. The molecule has 0 nitrogen and oxygen atoms in total. The Morgan fingerprint density at radius 1 is 0.500 bits per heavy atom. The van der Waals surface area contributed by atoms with Crippen LogP contribution < -0.4 is 0 Å². The third-order valence-electron chi connectivity index (χ3n) is 0. The Hall–Kier alpha value is 2.09. The van der Waals surface area contributed by atoms with E-state index in [4.69, 9.17) is 0 Å². The molecule has 0 aliphatic rings. The van der Waals surface area contributed by atoms with E-state index in [0.717, 1.165) is 0 Å². The van der Waals surface area contributed by atoms with Gasteiger partial charge in [-0.25, -0.2) is 0 Å². The van der Waals surface area contributed by atoms with Crippen LogP contribution in [0.5, 0.6) is 0 Å². The molecule has 0 bridgehead atoms. The minimum Gasteiger partial charge on any atom is 0 e. The van der Waals surface area contributed by atoms with Gasteiger partial charge in [0, 0.05) is 68.6 Å². The molecule has 0 atom stereocenters. The zero-order chi connectivity index (χ0) is 0. The van der Waals surface area contributed by atoms with Crippen LogP contribution in [0.1, 0.15) is 0 Å². The third-order valence-corrected chi connectivity index (χ3v) is 0. The van der Waals surface area contributed by atoms with Crippen molar-refractivity contribution in [2.45, 2.75) is 0 Å². The van der Waals surface area contributed by atoms with Gasteiger partial charge < -0.3 is 0 Å². The largest absolute Gasteiger partial charge is 0 e. The Morgan fingerprint density at radius 3 is 0.500 bits per heavy atom. The zero-order valence-electron chi connectivity index (χ0n) is 1.54. The molecule has 0 amide bonds. The van der Waals surface area contributed by atoms with Gasteiger partial charge in [0.2, 0.25) is 0 Å². The first-order valence-electron chi connectivity index (χ1n) is 0. The summed E-state index contributed by atoms with van der Waals surface area (Å²) in [7, 11) is 0. The average molecular weight is 217 g/mol. The van der Waals surface area contributed by atoms with Crippen LogP contribution in [-0.4, -0.2) is 0 Å². The SMILES string of the molecule is [Cr].[Mn].[Mn].[Mn]. The molecular formula is CrMn3. The van der Waals surface area contributed by atoms with Crippen molar-refractivity contribution in [3.63, 3.8) is 0 Å². The maximum absolute atomic E-state index is 0. The van der Waals surface area contributed by atoms with Crippen LogP contribution in [0.25, 0.3) is 0 Å². The molecule has 27 valence electrons. The molecule has 0 aliphatic carbocycles. The second-order valence-electron chi connectivity index (χ2n) is 0. The Morgan fingerprint density at radius 2 is 0.500 bits per heavy atom. The summed E-state index contributed by atoms with van der Waals surface area (Å²) in [5, 5.41) is 0. The van der Waals surface area contributed by atoms with Gasteiger partial charge in [0.15, 0.2) is 0 Å². The Labute approximate surface area is 68.0 Å². The number of hydrogen-bond acceptors (Lipinski definition) is 0. The van der Waals surface area contributed by atoms with E-state index in [0.29, 0.717) is 0 Å². The molecule has 0 saturated carbocycles. The minimum atomic E-state index is 0. The van der Waals surface area contributed by atoms with E-state index in [-0.39, 0.29) is 68.6 Å². The smallest absolute Gasteiger partial charge is 0 e. The van der Waals surface area contributed by atoms with Crippen molar-refractivity contribution >= 4 is 0 Å². The summed E-state index contributed by atoms with van der Waals surface area (Å²) >= 11 is 0. The molecule has 0 aromatic rings. The molecule has 0 saturated heterocycles. The van der Waals surface area contributed by atoms with Crippen molar-refractivity contribution in [1.82, 2.24) is 0 Å². The van der Waals surface area contributed by atoms with Crippen LogP contribution in [0.15, 0.2) is 0 Å². The van der Waals surface area contributed by atoms with Gasteiger partial charge in [0.25, 0.3) is 0 Å². The van der Waals surface area contributed by atoms with Gasteiger partial charge in [-0.1, -0.05) is 0 Å². The molecule has 0 aliphatic heterocycles. The van der Waals surface area contributed by atoms with Gasteiger partial charge >= 0.3 is 0 Å². The van der Waals surface area contributed by atoms with E-state index in [1.54, 1.807) is 0 Å². The van der Waals surface area contributed by atoms with E-state index in [2.05, 4.69) is 0 Å². The summed E-state index contributed by atoms with van der Waals surface area (Å²) in [5.74, 6) is 0. The molecule has 0 fully saturated rings. The maximum atomic E-state index is 0. The summed E-state index contributed by atoms with van der Waals surface area (Å²) in [6.07, 6.45) is 0. The van der Waals surface area contributed by atoms with E-state index < -0.39 is 0 Å². The second-order valence-corrected chi connectivity index (χ2v) is 0. The summed E-state index contributed by atoms with van der Waals surface area (Å²) in [6, 6.07) is 0. The fourth-order valence-corrected chi connectivity index (χ4v) is 0. The predicted octanol–water partition coefficient (Wildman–Crippen LogP) is -0.0100. The molecule has 4 heteroatoms. The van der Waals surface area contributed by atoms with Crippen molar-refractivity contribution in [3.8, 4) is 0 Å². The fourth-order valence-electron chi connectivity index (χ4n) is 0. The van der Waals surface area contributed by atoms with Crippen molar-refractivity contribution in [2.75, 3.05) is 0 Å². The number of rotatable bonds is 0. The first-order valence-corrected chi connectivity index (χ1v) is 0. The van der Waals surface area contributed by atoms with Crippen LogP contribution in [0.3, 0.4) is 0 Å². The predicted molar refractivity (Wildman–Crippen MR) is 0 cm³/mol. The molecule has 0 rings (SSSR count). The van der Waals surface area contributed by atoms with Gasteiger partial charge in [-0.3, -0.25) is 0 Å². The van der Waals surface area contributed by atoms with Gasteiger partial charge in [0.1, 0.15) is 0 Å². The topological polar surface area (TPSA) is 0 Å². The maximum Gasteiger partial charge on any atom is 0 e. The summed E-state index contributed by atoms with van der Waals surface area (Å²) < 4.78 is 0. The van der Waals surface area contributed by atoms with E-state index in [1.165, 1.54) is 0 Å². The summed E-state index contributed by atoms with van der Waals surface area (Å²) in [6.45, 7) is 0. The normalized spacial score (nSPS) is 0. The molecule has 0 aromatic carbocycles. The minimum absolute atomic E-state index is 0. The van der Waals surface area contributed by atoms with Crippen molar-refractivity contribution < 1.29 is 68.6 Å². The molecule has 0 N–H and O–H groups in total. The van der Waals surface area contributed by atoms with E-state index in [9.17, 15) is 0 Å². The third kappa shape index (κ3) is 8.94. The molecule has 0 heterocycles. The summed E-state index contributed by atoms with van der Waals surface area (Å²) in [4.78, 5) is 0. The van der Waals surface area contributed by atoms with Crippen LogP contribution in [0.4, 0.5) is 0 Å². The fraction of sp³-hybridized carbons (Fsp3) is 0. The molecular weight excluding hydrogens is 217 g/mol. The average Bonchev–Trinajstić information content (AvgIpc) is 0. The zero-order valence-corrected chi connectivity index (χ0v) is 6.36. The van der Waals surface area contributed by atoms with Crippen molar-refractivity contribution in [2.24, 2.45) is 0 Å². The molecule has 3 radical (unpaired) electrons. The van der Waals surface area contributed by atoms with Crippen molar-refractivity contribution in [1.29, 1.82) is 0 Å². The van der Waals surface area contributed by atoms with Gasteiger partial charge in [-0.2, -0.15) is 0 Å². The second kappa shape index (κ2) is 19.5. The quantitative estimate of drug-likeness (QED) is 0.500. The van der Waals surface area contributed by atoms with Crippen LogP contribution in [0, 0.1) is 0 Å². The Bertz CT molecular complexity index is 3.25. The standard InChI is InChI=1S/Cr.3Mn. The molecule has 0 aromatic heterocycles. The summed E-state index contributed by atoms with van der Waals surface area (Å²) in [5.41, 5.74) is 0.